The molecule has 0 aliphatic heterocycles. The molecule has 0 bridgehead atoms. The summed E-state index contributed by atoms with van der Waals surface area (Å²) in [5, 5.41) is 10.3. The van der Waals surface area contributed by atoms with Crippen LogP contribution in [0.15, 0.2) is 52.4 Å². The van der Waals surface area contributed by atoms with E-state index in [1.165, 1.54) is 21.6 Å². The third kappa shape index (κ3) is 5.00. The van der Waals surface area contributed by atoms with Gasteiger partial charge in [0.2, 0.25) is 5.91 Å². The second-order valence-corrected chi connectivity index (χ2v) is 8.03. The number of aromatic nitrogens is 2. The molecular weight excluding hydrogens is 429 g/mol. The van der Waals surface area contributed by atoms with Gasteiger partial charge in [0.15, 0.2) is 5.16 Å². The normalized spacial score (nSPS) is 11.1. The molecule has 0 fully saturated rings. The van der Waals surface area contributed by atoms with Gasteiger partial charge in [-0.2, -0.15) is 0 Å². The van der Waals surface area contributed by atoms with Crippen LogP contribution in [0.3, 0.4) is 0 Å². The van der Waals surface area contributed by atoms with E-state index in [9.17, 15) is 14.0 Å². The molecule has 3 aromatic rings. The molecule has 9 heteroatoms. The summed E-state index contributed by atoms with van der Waals surface area (Å²) in [6, 6.07) is 11.4. The molecule has 6 nitrogen and oxygen atoms in total. The summed E-state index contributed by atoms with van der Waals surface area (Å²) in [7, 11) is 1.57. The number of carbonyl (C=O) groups is 1. The van der Waals surface area contributed by atoms with Crippen LogP contribution in [0.4, 0.5) is 4.39 Å². The van der Waals surface area contributed by atoms with E-state index < -0.39 is 5.82 Å². The fourth-order valence-electron chi connectivity index (χ4n) is 2.93. The molecule has 0 radical (unpaired) electrons. The van der Waals surface area contributed by atoms with Crippen LogP contribution >= 0.6 is 23.4 Å². The molecule has 1 aromatic heterocycles. The van der Waals surface area contributed by atoms with Gasteiger partial charge in [0, 0.05) is 37.3 Å². The number of fused-ring (bicyclic) bond motifs is 1. The fraction of sp³-hybridized carbons (Fsp3) is 0.286. The zero-order valence-electron chi connectivity index (χ0n) is 16.3. The van der Waals surface area contributed by atoms with Crippen LogP contribution in [-0.4, -0.2) is 44.9 Å². The Bertz CT molecular complexity index is 1100. The molecule has 1 heterocycles. The lowest BCUT2D eigenvalue weighted by molar-refractivity contribution is -0.127. The van der Waals surface area contributed by atoms with Gasteiger partial charge in [-0.3, -0.25) is 14.2 Å². The van der Waals surface area contributed by atoms with E-state index in [-0.39, 0.29) is 41.0 Å². The van der Waals surface area contributed by atoms with Crippen LogP contribution in [-0.2, 0) is 17.9 Å². The summed E-state index contributed by atoms with van der Waals surface area (Å²) in [5.74, 6) is -0.703. The highest BCUT2D eigenvalue weighted by Crippen LogP contribution is 2.22. The van der Waals surface area contributed by atoms with Crippen molar-refractivity contribution < 1.29 is 14.3 Å². The topological polar surface area (TPSA) is 75.4 Å². The minimum Gasteiger partial charge on any atom is -0.396 e. The van der Waals surface area contributed by atoms with Crippen molar-refractivity contribution in [2.75, 3.05) is 19.4 Å². The van der Waals surface area contributed by atoms with Crippen molar-refractivity contribution in [2.24, 2.45) is 0 Å². The molecule has 1 N–H and O–H groups in total. The van der Waals surface area contributed by atoms with Crippen LogP contribution < -0.4 is 5.56 Å². The van der Waals surface area contributed by atoms with E-state index in [1.54, 1.807) is 37.4 Å². The Labute approximate surface area is 182 Å². The second-order valence-electron chi connectivity index (χ2n) is 6.68. The number of para-hydroxylation sites is 1. The highest BCUT2D eigenvalue weighted by Gasteiger charge is 2.17. The minimum atomic E-state index is -0.469. The van der Waals surface area contributed by atoms with E-state index in [4.69, 9.17) is 16.7 Å². The zero-order valence-corrected chi connectivity index (χ0v) is 17.9. The minimum absolute atomic E-state index is 0.0203. The smallest absolute Gasteiger partial charge is 0.262 e. The van der Waals surface area contributed by atoms with Crippen molar-refractivity contribution in [1.82, 2.24) is 14.5 Å². The first-order valence-corrected chi connectivity index (χ1v) is 10.7. The highest BCUT2D eigenvalue weighted by atomic mass is 35.5. The number of hydrogen-bond acceptors (Lipinski definition) is 5. The van der Waals surface area contributed by atoms with Gasteiger partial charge < -0.3 is 10.0 Å². The van der Waals surface area contributed by atoms with Crippen LogP contribution in [0.25, 0.3) is 10.9 Å². The SMILES string of the molecule is CN(Cc1c(F)cccc1Cl)C(=O)CSc1nc2ccccc2c(=O)n1CCCO. The Morgan fingerprint density at radius 2 is 2.03 bits per heavy atom. The Hall–Kier alpha value is -2.42. The summed E-state index contributed by atoms with van der Waals surface area (Å²) in [5.41, 5.74) is 0.586. The van der Waals surface area contributed by atoms with Crippen LogP contribution in [0.5, 0.6) is 0 Å². The molecule has 0 spiro atoms. The maximum absolute atomic E-state index is 14.0. The number of nitrogens with zero attached hydrogens (tertiary/aromatic N) is 3. The fourth-order valence-corrected chi connectivity index (χ4v) is 4.12. The maximum atomic E-state index is 14.0. The van der Waals surface area contributed by atoms with Gasteiger partial charge >= 0.3 is 0 Å². The Morgan fingerprint density at radius 3 is 2.77 bits per heavy atom. The van der Waals surface area contributed by atoms with Crippen molar-refractivity contribution in [3.63, 3.8) is 0 Å². The molecule has 2 aromatic carbocycles. The van der Waals surface area contributed by atoms with Crippen molar-refractivity contribution in [1.29, 1.82) is 0 Å². The quantitative estimate of drug-likeness (QED) is 0.421. The first-order chi connectivity index (χ1) is 14.4. The predicted octanol–water partition coefficient (Wildman–Crippen LogP) is 3.32. The number of amides is 1. The third-order valence-electron chi connectivity index (χ3n) is 4.57. The summed E-state index contributed by atoms with van der Waals surface area (Å²) in [6.07, 6.45) is 0.396. The third-order valence-corrected chi connectivity index (χ3v) is 5.89. The monoisotopic (exact) mass is 449 g/mol. The molecule has 0 aliphatic rings. The number of halogens is 2. The number of aliphatic hydroxyl groups excluding tert-OH is 1. The van der Waals surface area contributed by atoms with E-state index in [0.29, 0.717) is 29.0 Å². The Kier molecular flexibility index (Phi) is 7.47. The van der Waals surface area contributed by atoms with Crippen molar-refractivity contribution in [2.45, 2.75) is 24.7 Å². The number of benzene rings is 2. The van der Waals surface area contributed by atoms with Gasteiger partial charge in [0.05, 0.1) is 16.7 Å². The largest absolute Gasteiger partial charge is 0.396 e. The molecule has 3 rings (SSSR count). The first kappa shape index (κ1) is 22.3. The highest BCUT2D eigenvalue weighted by molar-refractivity contribution is 7.99. The summed E-state index contributed by atoms with van der Waals surface area (Å²) < 4.78 is 15.5. The van der Waals surface area contributed by atoms with Gasteiger partial charge in [-0.1, -0.05) is 41.6 Å². The molecule has 0 atom stereocenters. The average Bonchev–Trinajstić information content (AvgIpc) is 2.74. The lowest BCUT2D eigenvalue weighted by atomic mass is 10.2. The summed E-state index contributed by atoms with van der Waals surface area (Å²) in [6.45, 7) is 0.270. The standard InChI is InChI=1S/C21H21ClFN3O3S/c1-25(12-15-16(22)7-4-8-17(15)23)19(28)13-30-21-24-18-9-3-2-6-14(18)20(29)26(21)10-5-11-27/h2-4,6-9,27H,5,10-13H2,1H3. The number of rotatable bonds is 8. The molecule has 0 saturated heterocycles. The molecule has 158 valence electrons. The number of thioether (sulfide) groups is 1. The average molecular weight is 450 g/mol. The van der Waals surface area contributed by atoms with Gasteiger partial charge in [-0.15, -0.1) is 0 Å². The van der Waals surface area contributed by atoms with Gasteiger partial charge in [-0.05, 0) is 30.7 Å². The first-order valence-electron chi connectivity index (χ1n) is 9.32. The van der Waals surface area contributed by atoms with Crippen molar-refractivity contribution in [3.8, 4) is 0 Å². The molecule has 1 amide bonds. The van der Waals surface area contributed by atoms with E-state index in [2.05, 4.69) is 4.98 Å². The molecular formula is C21H21ClFN3O3S. The molecule has 0 saturated carbocycles. The lowest BCUT2D eigenvalue weighted by Gasteiger charge is -2.19. The van der Waals surface area contributed by atoms with E-state index >= 15 is 0 Å². The summed E-state index contributed by atoms with van der Waals surface area (Å²) in [4.78, 5) is 31.3. The predicted molar refractivity (Wildman–Crippen MR) is 116 cm³/mol. The maximum Gasteiger partial charge on any atom is 0.262 e. The number of aliphatic hydroxyl groups is 1. The summed E-state index contributed by atoms with van der Waals surface area (Å²) >= 11 is 7.18. The van der Waals surface area contributed by atoms with Gasteiger partial charge in [0.1, 0.15) is 5.82 Å². The van der Waals surface area contributed by atoms with Crippen LogP contribution in [0, 0.1) is 5.82 Å². The lowest BCUT2D eigenvalue weighted by Crippen LogP contribution is -2.29. The van der Waals surface area contributed by atoms with Crippen molar-refractivity contribution >= 4 is 40.2 Å². The van der Waals surface area contributed by atoms with Gasteiger partial charge in [0.25, 0.3) is 5.56 Å². The molecule has 30 heavy (non-hydrogen) atoms. The zero-order chi connectivity index (χ0) is 21.7. The number of carbonyl (C=O) groups excluding carboxylic acids is 1. The van der Waals surface area contributed by atoms with Gasteiger partial charge in [-0.25, -0.2) is 9.37 Å². The number of hydrogen-bond donors (Lipinski definition) is 1. The van der Waals surface area contributed by atoms with E-state index in [0.717, 1.165) is 11.8 Å². The van der Waals surface area contributed by atoms with Crippen molar-refractivity contribution in [3.05, 3.63) is 69.2 Å². The second kappa shape index (κ2) is 10.1. The Balaban J connectivity index is 1.78. The molecule has 0 aliphatic carbocycles. The van der Waals surface area contributed by atoms with E-state index in [1.807, 2.05) is 0 Å². The molecule has 0 unspecified atom stereocenters. The van der Waals surface area contributed by atoms with Crippen LogP contribution in [0.2, 0.25) is 5.02 Å². The van der Waals surface area contributed by atoms with Crippen LogP contribution in [0.1, 0.15) is 12.0 Å². The Morgan fingerprint density at radius 1 is 1.27 bits per heavy atom.